The molecule has 1 fully saturated rings. The third-order valence-electron chi connectivity index (χ3n) is 4.30. The number of primary amides is 1. The van der Waals surface area contributed by atoms with E-state index in [1.165, 1.54) is 11.3 Å². The van der Waals surface area contributed by atoms with Gasteiger partial charge in [0.1, 0.15) is 11.8 Å². The molecular weight excluding hydrogens is 326 g/mol. The van der Waals surface area contributed by atoms with Crippen LogP contribution >= 0.6 is 11.3 Å². The van der Waals surface area contributed by atoms with Gasteiger partial charge in [0.2, 0.25) is 11.8 Å². The summed E-state index contributed by atoms with van der Waals surface area (Å²) in [6.45, 7) is 0. The summed E-state index contributed by atoms with van der Waals surface area (Å²) in [7, 11) is 0. The van der Waals surface area contributed by atoms with Crippen LogP contribution < -0.4 is 11.1 Å². The highest BCUT2D eigenvalue weighted by Gasteiger charge is 2.56. The standard InChI is InChI=1S/C17H15N3O3S/c18-9-11-13(12-7-4-8-24-12)14(15(19)21)16(22)20-17(11,23)10-5-2-1-3-6-10/h1-8,11,13-14,23H,(H2,19,21)(H,20,22)/t11-,13+,14+,17-/m1/s1. The first-order valence-electron chi connectivity index (χ1n) is 7.31. The second-order valence-electron chi connectivity index (χ2n) is 5.65. The molecular formula is C17H15N3O3S. The van der Waals surface area contributed by atoms with Crippen LogP contribution in [0.25, 0.3) is 0 Å². The Labute approximate surface area is 142 Å². The number of aliphatic hydroxyl groups is 1. The number of carbonyl (C=O) groups is 2. The van der Waals surface area contributed by atoms with Crippen molar-refractivity contribution in [1.82, 2.24) is 5.32 Å². The molecule has 1 aliphatic heterocycles. The van der Waals surface area contributed by atoms with Gasteiger partial charge in [-0.3, -0.25) is 9.59 Å². The molecule has 1 aromatic heterocycles. The summed E-state index contributed by atoms with van der Waals surface area (Å²) < 4.78 is 0. The molecule has 0 radical (unpaired) electrons. The first kappa shape index (κ1) is 16.2. The normalized spacial score (nSPS) is 29.5. The number of hydrogen-bond donors (Lipinski definition) is 3. The maximum absolute atomic E-state index is 12.5. The number of benzene rings is 1. The first-order chi connectivity index (χ1) is 11.5. The number of hydrogen-bond acceptors (Lipinski definition) is 5. The Bertz CT molecular complexity index is 800. The lowest BCUT2D eigenvalue weighted by Gasteiger charge is -2.44. The lowest BCUT2D eigenvalue weighted by atomic mass is 9.69. The second kappa shape index (κ2) is 6.07. The van der Waals surface area contributed by atoms with Crippen LogP contribution in [0, 0.1) is 23.2 Å². The van der Waals surface area contributed by atoms with Gasteiger partial charge in [0.05, 0.1) is 6.07 Å². The molecule has 0 saturated carbocycles. The lowest BCUT2D eigenvalue weighted by Crippen LogP contribution is -2.62. The van der Waals surface area contributed by atoms with Crippen molar-refractivity contribution >= 4 is 23.2 Å². The van der Waals surface area contributed by atoms with E-state index in [4.69, 9.17) is 5.73 Å². The minimum absolute atomic E-state index is 0.384. The molecule has 24 heavy (non-hydrogen) atoms. The molecule has 0 bridgehead atoms. The predicted molar refractivity (Wildman–Crippen MR) is 87.3 cm³/mol. The second-order valence-corrected chi connectivity index (χ2v) is 6.63. The molecule has 122 valence electrons. The summed E-state index contributed by atoms with van der Waals surface area (Å²) in [4.78, 5) is 25.0. The summed E-state index contributed by atoms with van der Waals surface area (Å²) in [5.41, 5.74) is 3.90. The smallest absolute Gasteiger partial charge is 0.235 e. The van der Waals surface area contributed by atoms with Crippen molar-refractivity contribution in [3.05, 3.63) is 58.3 Å². The molecule has 2 aromatic rings. The molecule has 2 heterocycles. The molecule has 1 saturated heterocycles. The summed E-state index contributed by atoms with van der Waals surface area (Å²) in [6.07, 6.45) is 0. The number of carbonyl (C=O) groups excluding carboxylic acids is 2. The molecule has 4 atom stereocenters. The van der Waals surface area contributed by atoms with Crippen LogP contribution in [0.2, 0.25) is 0 Å². The Morgan fingerprint density at radius 1 is 1.29 bits per heavy atom. The highest BCUT2D eigenvalue weighted by Crippen LogP contribution is 2.46. The number of nitrogens with one attached hydrogen (secondary N) is 1. The molecule has 4 N–H and O–H groups in total. The van der Waals surface area contributed by atoms with E-state index in [0.717, 1.165) is 0 Å². The van der Waals surface area contributed by atoms with E-state index < -0.39 is 35.3 Å². The average Bonchev–Trinajstić information content (AvgIpc) is 3.08. The van der Waals surface area contributed by atoms with Gasteiger partial charge in [0, 0.05) is 16.4 Å². The highest BCUT2D eigenvalue weighted by atomic mass is 32.1. The number of amides is 2. The molecule has 2 amide bonds. The number of thiophene rings is 1. The maximum atomic E-state index is 12.5. The fraction of sp³-hybridized carbons (Fsp3) is 0.235. The van der Waals surface area contributed by atoms with Crippen molar-refractivity contribution in [2.75, 3.05) is 0 Å². The van der Waals surface area contributed by atoms with Gasteiger partial charge in [-0.1, -0.05) is 36.4 Å². The monoisotopic (exact) mass is 341 g/mol. The van der Waals surface area contributed by atoms with Crippen LogP contribution in [0.4, 0.5) is 0 Å². The van der Waals surface area contributed by atoms with Crippen molar-refractivity contribution in [3.8, 4) is 6.07 Å². The Morgan fingerprint density at radius 2 is 2.00 bits per heavy atom. The molecule has 0 aliphatic carbocycles. The first-order valence-corrected chi connectivity index (χ1v) is 8.19. The summed E-state index contributed by atoms with van der Waals surface area (Å²) >= 11 is 1.32. The topological polar surface area (TPSA) is 116 Å². The van der Waals surface area contributed by atoms with Crippen molar-refractivity contribution in [2.24, 2.45) is 17.6 Å². The van der Waals surface area contributed by atoms with Gasteiger partial charge in [-0.15, -0.1) is 11.3 Å². The molecule has 0 spiro atoms. The zero-order valence-electron chi connectivity index (χ0n) is 12.5. The predicted octanol–water partition coefficient (Wildman–Crippen LogP) is 1.05. The Hall–Kier alpha value is -2.69. The van der Waals surface area contributed by atoms with Crippen molar-refractivity contribution in [1.29, 1.82) is 5.26 Å². The minimum atomic E-state index is -1.90. The van der Waals surface area contributed by atoms with Crippen LogP contribution in [0.15, 0.2) is 47.8 Å². The van der Waals surface area contributed by atoms with Gasteiger partial charge in [0.25, 0.3) is 0 Å². The third-order valence-corrected chi connectivity index (χ3v) is 5.27. The van der Waals surface area contributed by atoms with E-state index in [2.05, 4.69) is 11.4 Å². The van der Waals surface area contributed by atoms with E-state index >= 15 is 0 Å². The minimum Gasteiger partial charge on any atom is -0.369 e. The molecule has 1 aliphatic rings. The number of nitrogens with zero attached hydrogens (tertiary/aromatic N) is 1. The zero-order valence-corrected chi connectivity index (χ0v) is 13.4. The summed E-state index contributed by atoms with van der Waals surface area (Å²) in [5, 5.41) is 25.1. The molecule has 3 rings (SSSR count). The maximum Gasteiger partial charge on any atom is 0.235 e. The van der Waals surface area contributed by atoms with E-state index in [-0.39, 0.29) is 0 Å². The third kappa shape index (κ3) is 2.46. The van der Waals surface area contributed by atoms with Gasteiger partial charge in [-0.25, -0.2) is 0 Å². The SMILES string of the molecule is N#C[C@@H]1[C@@H](c2cccs2)[C@@H](C(N)=O)C(=O)N[C@@]1(O)c1ccccc1. The molecule has 6 nitrogen and oxygen atoms in total. The number of piperidine rings is 1. The summed E-state index contributed by atoms with van der Waals surface area (Å²) in [6, 6.07) is 14.0. The van der Waals surface area contributed by atoms with Crippen LogP contribution in [0.1, 0.15) is 16.4 Å². The van der Waals surface area contributed by atoms with E-state index in [9.17, 15) is 20.0 Å². The van der Waals surface area contributed by atoms with Gasteiger partial charge in [-0.05, 0) is 11.4 Å². The average molecular weight is 341 g/mol. The Morgan fingerprint density at radius 3 is 2.54 bits per heavy atom. The largest absolute Gasteiger partial charge is 0.369 e. The molecule has 1 aromatic carbocycles. The van der Waals surface area contributed by atoms with Crippen LogP contribution in [0.5, 0.6) is 0 Å². The van der Waals surface area contributed by atoms with Crippen LogP contribution in [-0.2, 0) is 15.3 Å². The van der Waals surface area contributed by atoms with E-state index in [1.807, 2.05) is 0 Å². The fourth-order valence-electron chi connectivity index (χ4n) is 3.19. The zero-order chi connectivity index (χ0) is 17.3. The Balaban J connectivity index is 2.17. The van der Waals surface area contributed by atoms with Gasteiger partial charge < -0.3 is 16.2 Å². The van der Waals surface area contributed by atoms with Crippen molar-refractivity contribution in [3.63, 3.8) is 0 Å². The van der Waals surface area contributed by atoms with Gasteiger partial charge >= 0.3 is 0 Å². The number of nitriles is 1. The number of rotatable bonds is 3. The van der Waals surface area contributed by atoms with Gasteiger partial charge in [-0.2, -0.15) is 5.26 Å². The van der Waals surface area contributed by atoms with Crippen molar-refractivity contribution < 1.29 is 14.7 Å². The van der Waals surface area contributed by atoms with E-state index in [0.29, 0.717) is 10.4 Å². The lowest BCUT2D eigenvalue weighted by molar-refractivity contribution is -0.153. The van der Waals surface area contributed by atoms with E-state index in [1.54, 1.807) is 47.8 Å². The summed E-state index contributed by atoms with van der Waals surface area (Å²) in [5.74, 6) is -4.59. The molecule has 7 heteroatoms. The van der Waals surface area contributed by atoms with Crippen LogP contribution in [0.3, 0.4) is 0 Å². The number of nitrogens with two attached hydrogens (primary N) is 1. The fourth-order valence-corrected chi connectivity index (χ4v) is 4.09. The van der Waals surface area contributed by atoms with Crippen LogP contribution in [-0.4, -0.2) is 16.9 Å². The highest BCUT2D eigenvalue weighted by molar-refractivity contribution is 7.10. The Kier molecular flexibility index (Phi) is 4.09. The molecule has 0 unspecified atom stereocenters. The van der Waals surface area contributed by atoms with Gasteiger partial charge in [0.15, 0.2) is 5.72 Å². The quantitative estimate of drug-likeness (QED) is 0.723. The van der Waals surface area contributed by atoms with Crippen molar-refractivity contribution in [2.45, 2.75) is 11.6 Å².